The molecule has 0 radical (unpaired) electrons. The fraction of sp³-hybridized carbons (Fsp3) is 0.450. The van der Waals surface area contributed by atoms with Crippen molar-refractivity contribution in [3.05, 3.63) is 42.7 Å². The lowest BCUT2D eigenvalue weighted by Crippen LogP contribution is -2.38. The van der Waals surface area contributed by atoms with E-state index in [1.807, 2.05) is 0 Å². The molecule has 0 saturated carbocycles. The quantitative estimate of drug-likeness (QED) is 0.560. The largest absolute Gasteiger partial charge is 0.344 e. The molecule has 0 spiro atoms. The van der Waals surface area contributed by atoms with Gasteiger partial charge in [-0.2, -0.15) is 22.7 Å². The molecule has 1 unspecified atom stereocenters. The van der Waals surface area contributed by atoms with Gasteiger partial charge in [-0.05, 0) is 30.2 Å². The van der Waals surface area contributed by atoms with Crippen LogP contribution in [-0.4, -0.2) is 63.6 Å². The Morgan fingerprint density at radius 1 is 1.27 bits per heavy atom. The summed E-state index contributed by atoms with van der Waals surface area (Å²) in [6, 6.07) is 3.30. The zero-order chi connectivity index (χ0) is 21.7. The van der Waals surface area contributed by atoms with Crippen LogP contribution < -0.4 is 4.90 Å². The Morgan fingerprint density at radius 2 is 1.97 bits per heavy atom. The molecule has 0 aromatic carbocycles. The molecule has 30 heavy (non-hydrogen) atoms. The number of hydrogen-bond acceptors (Lipinski definition) is 4. The highest BCUT2D eigenvalue weighted by molar-refractivity contribution is 5.87. The van der Waals surface area contributed by atoms with Gasteiger partial charge < -0.3 is 9.80 Å². The number of alkyl halides is 4. The summed E-state index contributed by atoms with van der Waals surface area (Å²) in [5.74, 6) is -8.38. The molecule has 160 valence electrons. The summed E-state index contributed by atoms with van der Waals surface area (Å²) in [4.78, 5) is 18.7. The van der Waals surface area contributed by atoms with Crippen LogP contribution in [0.25, 0.3) is 11.3 Å². The monoisotopic (exact) mass is 423 g/mol. The second kappa shape index (κ2) is 7.10. The molecule has 4 heterocycles. The van der Waals surface area contributed by atoms with Crippen LogP contribution in [0.15, 0.2) is 37.2 Å². The summed E-state index contributed by atoms with van der Waals surface area (Å²) < 4.78 is 56.3. The number of halogens is 4. The maximum atomic E-state index is 13.7. The molecule has 2 aromatic rings. The average molecular weight is 423 g/mol. The number of carbonyl (C=O) groups excluding carboxylic acids is 1. The Labute approximate surface area is 170 Å². The Hall–Kier alpha value is -2.91. The van der Waals surface area contributed by atoms with Crippen LogP contribution in [-0.2, 0) is 11.8 Å². The van der Waals surface area contributed by atoms with E-state index in [1.54, 1.807) is 28.9 Å². The minimum Gasteiger partial charge on any atom is -0.344 e. The molecule has 0 N–H and O–H groups in total. The van der Waals surface area contributed by atoms with Crippen molar-refractivity contribution in [1.29, 1.82) is 0 Å². The van der Waals surface area contributed by atoms with E-state index >= 15 is 0 Å². The van der Waals surface area contributed by atoms with E-state index in [9.17, 15) is 22.4 Å². The average Bonchev–Trinajstić information content (AvgIpc) is 3.39. The first-order chi connectivity index (χ1) is 14.1. The molecule has 2 aromatic heterocycles. The van der Waals surface area contributed by atoms with Gasteiger partial charge in [0.1, 0.15) is 5.82 Å². The van der Waals surface area contributed by atoms with E-state index in [-0.39, 0.29) is 17.6 Å². The Morgan fingerprint density at radius 3 is 2.57 bits per heavy atom. The maximum absolute atomic E-state index is 13.7. The summed E-state index contributed by atoms with van der Waals surface area (Å²) >= 11 is 0. The van der Waals surface area contributed by atoms with Gasteiger partial charge in [0.2, 0.25) is 5.91 Å². The molecule has 6 nitrogen and oxygen atoms in total. The summed E-state index contributed by atoms with van der Waals surface area (Å²) in [6.07, 6.45) is 5.22. The third kappa shape index (κ3) is 3.44. The van der Waals surface area contributed by atoms with Gasteiger partial charge in [0, 0.05) is 44.0 Å². The number of likely N-dealkylation sites (tertiary alicyclic amines) is 1. The van der Waals surface area contributed by atoms with Crippen molar-refractivity contribution in [3.8, 4) is 11.3 Å². The van der Waals surface area contributed by atoms with Gasteiger partial charge >= 0.3 is 11.8 Å². The molecule has 2 aliphatic heterocycles. The first-order valence-corrected chi connectivity index (χ1v) is 9.53. The van der Waals surface area contributed by atoms with Gasteiger partial charge in [0.05, 0.1) is 18.8 Å². The molecule has 1 amide bonds. The second-order valence-electron chi connectivity index (χ2n) is 7.74. The van der Waals surface area contributed by atoms with Gasteiger partial charge in [0.15, 0.2) is 0 Å². The van der Waals surface area contributed by atoms with Crippen LogP contribution in [0.4, 0.5) is 23.4 Å². The summed E-state index contributed by atoms with van der Waals surface area (Å²) in [5.41, 5.74) is 2.02. The van der Waals surface area contributed by atoms with Crippen molar-refractivity contribution in [1.82, 2.24) is 19.7 Å². The Kier molecular flexibility index (Phi) is 4.82. The number of nitrogens with zero attached hydrogens (tertiary/aromatic N) is 5. The first-order valence-electron chi connectivity index (χ1n) is 9.53. The number of carbonyl (C=O) groups is 1. The van der Waals surface area contributed by atoms with Crippen molar-refractivity contribution in [3.63, 3.8) is 0 Å². The number of rotatable bonds is 4. The van der Waals surface area contributed by atoms with Crippen molar-refractivity contribution in [2.24, 2.45) is 7.05 Å². The minimum absolute atomic E-state index is 0.0334. The normalized spacial score (nSPS) is 22.5. The zero-order valence-corrected chi connectivity index (χ0v) is 16.4. The van der Waals surface area contributed by atoms with Gasteiger partial charge in [-0.25, -0.2) is 4.98 Å². The number of aromatic nitrogens is 3. The minimum atomic E-state index is -4.12. The molecule has 10 heteroatoms. The molecular weight excluding hydrogens is 402 g/mol. The highest BCUT2D eigenvalue weighted by Gasteiger charge is 2.63. The Balaban J connectivity index is 1.70. The number of hydrogen-bond donors (Lipinski definition) is 0. The fourth-order valence-corrected chi connectivity index (χ4v) is 4.01. The lowest BCUT2D eigenvalue weighted by molar-refractivity contribution is -0.172. The lowest BCUT2D eigenvalue weighted by Gasteiger charge is -2.20. The van der Waals surface area contributed by atoms with Crippen molar-refractivity contribution < 1.29 is 22.4 Å². The van der Waals surface area contributed by atoms with E-state index in [2.05, 4.69) is 16.7 Å². The SMILES string of the molecule is C=CC(=O)N1CCC(c2cnc(N3CC(F)(F)C(F)(F)C3)cc2-c2ccn(C)n2)C1. The fourth-order valence-electron chi connectivity index (χ4n) is 4.01. The third-order valence-electron chi connectivity index (χ3n) is 5.66. The molecule has 1 atom stereocenters. The van der Waals surface area contributed by atoms with Crippen molar-refractivity contribution in [2.75, 3.05) is 31.1 Å². The molecule has 0 aliphatic carbocycles. The van der Waals surface area contributed by atoms with Crippen molar-refractivity contribution in [2.45, 2.75) is 24.2 Å². The van der Waals surface area contributed by atoms with Crippen LogP contribution in [0.5, 0.6) is 0 Å². The van der Waals surface area contributed by atoms with Crippen LogP contribution in [0.1, 0.15) is 17.9 Å². The molecular formula is C20H21F4N5O. The molecule has 2 saturated heterocycles. The highest BCUT2D eigenvalue weighted by Crippen LogP contribution is 2.43. The number of aryl methyl sites for hydroxylation is 1. The van der Waals surface area contributed by atoms with E-state index in [4.69, 9.17) is 0 Å². The summed E-state index contributed by atoms with van der Waals surface area (Å²) in [5, 5.41) is 4.39. The third-order valence-corrected chi connectivity index (χ3v) is 5.66. The smallest absolute Gasteiger partial charge is 0.329 e. The van der Waals surface area contributed by atoms with Gasteiger partial charge in [-0.15, -0.1) is 0 Å². The van der Waals surface area contributed by atoms with Crippen LogP contribution in [0, 0.1) is 0 Å². The van der Waals surface area contributed by atoms with E-state index in [0.29, 0.717) is 30.8 Å². The molecule has 4 rings (SSSR count). The van der Waals surface area contributed by atoms with E-state index in [0.717, 1.165) is 10.5 Å². The highest BCUT2D eigenvalue weighted by atomic mass is 19.3. The van der Waals surface area contributed by atoms with E-state index < -0.39 is 24.9 Å². The van der Waals surface area contributed by atoms with Crippen molar-refractivity contribution >= 4 is 11.7 Å². The summed E-state index contributed by atoms with van der Waals surface area (Å²) in [7, 11) is 1.74. The standard InChI is InChI=1S/C20H21F4N5O/c1-3-18(30)28-7-4-13(10-28)15-9-25-17(8-14(15)16-5-6-27(2)26-16)29-11-19(21,22)20(23,24)12-29/h3,5-6,8-9,13H,1,4,7,10-12H2,2H3. The van der Waals surface area contributed by atoms with Gasteiger partial charge in [0.25, 0.3) is 0 Å². The molecule has 2 fully saturated rings. The second-order valence-corrected chi connectivity index (χ2v) is 7.74. The van der Waals surface area contributed by atoms with E-state index in [1.165, 1.54) is 18.3 Å². The predicted molar refractivity (Wildman–Crippen MR) is 103 cm³/mol. The maximum Gasteiger partial charge on any atom is 0.329 e. The molecule has 0 bridgehead atoms. The lowest BCUT2D eigenvalue weighted by atomic mass is 9.93. The van der Waals surface area contributed by atoms with Crippen LogP contribution >= 0.6 is 0 Å². The number of pyridine rings is 1. The topological polar surface area (TPSA) is 54.3 Å². The zero-order valence-electron chi connectivity index (χ0n) is 16.4. The first kappa shape index (κ1) is 20.4. The number of amides is 1. The van der Waals surface area contributed by atoms with Crippen LogP contribution in [0.3, 0.4) is 0 Å². The van der Waals surface area contributed by atoms with Gasteiger partial charge in [-0.3, -0.25) is 9.48 Å². The Bertz CT molecular complexity index is 973. The predicted octanol–water partition coefficient (Wildman–Crippen LogP) is 3.07. The van der Waals surface area contributed by atoms with Gasteiger partial charge in [-0.1, -0.05) is 6.58 Å². The summed E-state index contributed by atoms with van der Waals surface area (Å²) in [6.45, 7) is 2.33. The number of anilines is 1. The van der Waals surface area contributed by atoms with Crippen LogP contribution in [0.2, 0.25) is 0 Å². The molecule has 2 aliphatic rings.